The second kappa shape index (κ2) is 6.51. The molecule has 4 aromatic rings. The van der Waals surface area contributed by atoms with Gasteiger partial charge in [-0.05, 0) is 41.1 Å². The first-order valence-electron chi connectivity index (χ1n) is 7.61. The summed E-state index contributed by atoms with van der Waals surface area (Å²) in [5.41, 5.74) is 2.13. The monoisotopic (exact) mass is 348 g/mol. The van der Waals surface area contributed by atoms with Crippen molar-refractivity contribution in [1.29, 1.82) is 0 Å². The van der Waals surface area contributed by atoms with Crippen molar-refractivity contribution in [3.63, 3.8) is 0 Å². The number of pyridine rings is 2. The van der Waals surface area contributed by atoms with Crippen LogP contribution in [0.5, 0.6) is 0 Å². The minimum Gasteiger partial charge on any atom is -0.431 e. The van der Waals surface area contributed by atoms with Crippen molar-refractivity contribution in [1.82, 2.24) is 35.2 Å². The SMILES string of the molecule is Cc1cccnc1-c1coc(NC(=O)c2nnnn2-c2ccccn2)n1. The average Bonchev–Trinajstić information content (AvgIpc) is 3.32. The van der Waals surface area contributed by atoms with Crippen LogP contribution in [-0.2, 0) is 0 Å². The molecule has 26 heavy (non-hydrogen) atoms. The molecule has 0 unspecified atom stereocenters. The van der Waals surface area contributed by atoms with Crippen LogP contribution in [0.25, 0.3) is 17.2 Å². The summed E-state index contributed by atoms with van der Waals surface area (Å²) in [7, 11) is 0. The Bertz CT molecular complexity index is 1060. The van der Waals surface area contributed by atoms with Gasteiger partial charge in [0, 0.05) is 12.4 Å². The third kappa shape index (κ3) is 2.90. The first-order valence-corrected chi connectivity index (χ1v) is 7.61. The molecule has 4 aromatic heterocycles. The highest BCUT2D eigenvalue weighted by molar-refractivity contribution is 6.00. The summed E-state index contributed by atoms with van der Waals surface area (Å²) in [6.45, 7) is 1.91. The lowest BCUT2D eigenvalue weighted by Crippen LogP contribution is -2.18. The molecule has 10 nitrogen and oxygen atoms in total. The molecule has 1 amide bonds. The number of carbonyl (C=O) groups is 1. The van der Waals surface area contributed by atoms with Gasteiger partial charge in [-0.25, -0.2) is 4.98 Å². The second-order valence-corrected chi connectivity index (χ2v) is 5.26. The lowest BCUT2D eigenvalue weighted by Gasteiger charge is -2.02. The zero-order valence-corrected chi connectivity index (χ0v) is 13.6. The molecule has 4 rings (SSSR count). The van der Waals surface area contributed by atoms with Crippen molar-refractivity contribution < 1.29 is 9.21 Å². The van der Waals surface area contributed by atoms with Crippen molar-refractivity contribution in [3.8, 4) is 17.2 Å². The Morgan fingerprint density at radius 1 is 1.15 bits per heavy atom. The van der Waals surface area contributed by atoms with Crippen molar-refractivity contribution in [2.75, 3.05) is 5.32 Å². The van der Waals surface area contributed by atoms with E-state index in [1.165, 1.54) is 10.9 Å². The first kappa shape index (κ1) is 15.6. The third-order valence-corrected chi connectivity index (χ3v) is 3.52. The molecule has 0 saturated heterocycles. The summed E-state index contributed by atoms with van der Waals surface area (Å²) >= 11 is 0. The smallest absolute Gasteiger partial charge is 0.302 e. The average molecular weight is 348 g/mol. The van der Waals surface area contributed by atoms with Gasteiger partial charge in [-0.3, -0.25) is 15.1 Å². The normalized spacial score (nSPS) is 10.7. The van der Waals surface area contributed by atoms with Crippen LogP contribution in [0.2, 0.25) is 0 Å². The Hall–Kier alpha value is -3.95. The Labute approximate surface area is 146 Å². The summed E-state index contributed by atoms with van der Waals surface area (Å²) in [6.07, 6.45) is 4.66. The number of nitrogens with zero attached hydrogens (tertiary/aromatic N) is 7. The molecule has 0 aliphatic heterocycles. The number of aryl methyl sites for hydroxylation is 1. The summed E-state index contributed by atoms with van der Waals surface area (Å²) in [5.74, 6) is -0.205. The maximum absolute atomic E-state index is 12.5. The van der Waals surface area contributed by atoms with Crippen LogP contribution in [0, 0.1) is 6.92 Å². The number of carbonyl (C=O) groups excluding carboxylic acids is 1. The molecule has 0 radical (unpaired) electrons. The van der Waals surface area contributed by atoms with Crippen LogP contribution in [0.15, 0.2) is 53.4 Å². The van der Waals surface area contributed by atoms with E-state index in [-0.39, 0.29) is 11.8 Å². The van der Waals surface area contributed by atoms with Crippen LogP contribution in [0.1, 0.15) is 16.2 Å². The summed E-state index contributed by atoms with van der Waals surface area (Å²) in [5, 5.41) is 13.6. The van der Waals surface area contributed by atoms with Gasteiger partial charge in [0.2, 0.25) is 5.82 Å². The number of nitrogens with one attached hydrogen (secondary N) is 1. The molecule has 0 spiro atoms. The topological polar surface area (TPSA) is 125 Å². The summed E-state index contributed by atoms with van der Waals surface area (Å²) in [4.78, 5) is 25.1. The predicted molar refractivity (Wildman–Crippen MR) is 89.4 cm³/mol. The van der Waals surface area contributed by atoms with Gasteiger partial charge in [0.25, 0.3) is 5.91 Å². The number of rotatable bonds is 4. The van der Waals surface area contributed by atoms with E-state index in [1.54, 1.807) is 30.6 Å². The van der Waals surface area contributed by atoms with Crippen LogP contribution in [0.3, 0.4) is 0 Å². The van der Waals surface area contributed by atoms with Crippen molar-refractivity contribution in [2.24, 2.45) is 0 Å². The maximum Gasteiger partial charge on any atom is 0.302 e. The number of hydrogen-bond acceptors (Lipinski definition) is 8. The first-order chi connectivity index (χ1) is 12.7. The van der Waals surface area contributed by atoms with Gasteiger partial charge >= 0.3 is 6.01 Å². The highest BCUT2D eigenvalue weighted by Gasteiger charge is 2.20. The fourth-order valence-corrected chi connectivity index (χ4v) is 2.31. The predicted octanol–water partition coefficient (Wildman–Crippen LogP) is 1.67. The Balaban J connectivity index is 1.57. The van der Waals surface area contributed by atoms with Crippen molar-refractivity contribution in [3.05, 3.63) is 60.4 Å². The van der Waals surface area contributed by atoms with E-state index < -0.39 is 5.91 Å². The molecule has 0 saturated carbocycles. The van der Waals surface area contributed by atoms with E-state index in [4.69, 9.17) is 4.42 Å². The standard InChI is InChI=1S/C16H12N8O2/c1-10-5-4-8-18-13(10)11-9-26-16(19-11)20-15(25)14-21-22-23-24(14)12-6-2-3-7-17-12/h2-9H,1H3,(H,19,20,25). The third-order valence-electron chi connectivity index (χ3n) is 3.52. The highest BCUT2D eigenvalue weighted by atomic mass is 16.4. The zero-order chi connectivity index (χ0) is 17.9. The molecule has 10 heteroatoms. The number of aromatic nitrogens is 7. The van der Waals surface area contributed by atoms with E-state index in [2.05, 4.69) is 35.8 Å². The summed E-state index contributed by atoms with van der Waals surface area (Å²) < 4.78 is 6.54. The largest absolute Gasteiger partial charge is 0.431 e. The van der Waals surface area contributed by atoms with E-state index in [9.17, 15) is 4.79 Å². The molecule has 128 valence electrons. The quantitative estimate of drug-likeness (QED) is 0.590. The van der Waals surface area contributed by atoms with E-state index >= 15 is 0 Å². The molecule has 0 bridgehead atoms. The minimum absolute atomic E-state index is 0.0191. The number of hydrogen-bond donors (Lipinski definition) is 1. The number of oxazole rings is 1. The number of tetrazole rings is 1. The minimum atomic E-state index is -0.577. The van der Waals surface area contributed by atoms with Gasteiger partial charge in [-0.2, -0.15) is 9.67 Å². The van der Waals surface area contributed by atoms with Gasteiger partial charge in [-0.15, -0.1) is 5.10 Å². The molecule has 1 N–H and O–H groups in total. The van der Waals surface area contributed by atoms with Gasteiger partial charge < -0.3 is 4.42 Å². The molecule has 0 fully saturated rings. The highest BCUT2D eigenvalue weighted by Crippen LogP contribution is 2.21. The van der Waals surface area contributed by atoms with Gasteiger partial charge in [0.1, 0.15) is 12.0 Å². The summed E-state index contributed by atoms with van der Waals surface area (Å²) in [6, 6.07) is 8.96. The number of amides is 1. The second-order valence-electron chi connectivity index (χ2n) is 5.26. The van der Waals surface area contributed by atoms with Gasteiger partial charge in [0.15, 0.2) is 5.82 Å². The lowest BCUT2D eigenvalue weighted by molar-refractivity contribution is 0.101. The molecule has 0 atom stereocenters. The van der Waals surface area contributed by atoms with Crippen LogP contribution in [-0.4, -0.2) is 41.1 Å². The number of anilines is 1. The molecular formula is C16H12N8O2. The van der Waals surface area contributed by atoms with Crippen LogP contribution in [0.4, 0.5) is 6.01 Å². The maximum atomic E-state index is 12.5. The Morgan fingerprint density at radius 2 is 2.04 bits per heavy atom. The fourth-order valence-electron chi connectivity index (χ4n) is 2.31. The molecule has 0 aliphatic rings. The Morgan fingerprint density at radius 3 is 2.85 bits per heavy atom. The van der Waals surface area contributed by atoms with Gasteiger partial charge in [0.05, 0.1) is 5.69 Å². The molecule has 0 aliphatic carbocycles. The molecule has 0 aromatic carbocycles. The van der Waals surface area contributed by atoms with E-state index in [0.29, 0.717) is 17.2 Å². The van der Waals surface area contributed by atoms with Crippen molar-refractivity contribution >= 4 is 11.9 Å². The van der Waals surface area contributed by atoms with Gasteiger partial charge in [-0.1, -0.05) is 12.1 Å². The Kier molecular flexibility index (Phi) is 3.90. The lowest BCUT2D eigenvalue weighted by atomic mass is 10.2. The fraction of sp³-hybridized carbons (Fsp3) is 0.0625. The van der Waals surface area contributed by atoms with Crippen molar-refractivity contribution in [2.45, 2.75) is 6.92 Å². The van der Waals surface area contributed by atoms with E-state index in [1.807, 2.05) is 19.1 Å². The van der Waals surface area contributed by atoms with E-state index in [0.717, 1.165) is 5.56 Å². The van der Waals surface area contributed by atoms with Crippen LogP contribution < -0.4 is 5.32 Å². The molecule has 4 heterocycles. The van der Waals surface area contributed by atoms with Crippen LogP contribution >= 0.6 is 0 Å². The zero-order valence-electron chi connectivity index (χ0n) is 13.6. The molecular weight excluding hydrogens is 336 g/mol.